The average Bonchev–Trinajstić information content (AvgIpc) is 2.45. The van der Waals surface area contributed by atoms with Crippen LogP contribution in [0.2, 0.25) is 0 Å². The second kappa shape index (κ2) is 2.23. The number of aryl methyl sites for hydroxylation is 2. The van der Waals surface area contributed by atoms with E-state index in [0.29, 0.717) is 0 Å². The number of hydrogen-bond donors (Lipinski definition) is 0. The van der Waals surface area contributed by atoms with Gasteiger partial charge in [0.05, 0.1) is 21.6 Å². The van der Waals surface area contributed by atoms with E-state index in [4.69, 9.17) is 0 Å². The van der Waals surface area contributed by atoms with E-state index < -0.39 is 0 Å². The van der Waals surface area contributed by atoms with Gasteiger partial charge in [-0.05, 0) is 13.8 Å². The van der Waals surface area contributed by atoms with Crippen LogP contribution in [0.25, 0.3) is 10.2 Å². The van der Waals surface area contributed by atoms with Gasteiger partial charge >= 0.3 is 0 Å². The molecule has 0 saturated carbocycles. The van der Waals surface area contributed by atoms with E-state index in [-0.39, 0.29) is 0 Å². The van der Waals surface area contributed by atoms with Crippen LogP contribution in [-0.4, -0.2) is 15.2 Å². The standard InChI is InChI=1S/C7H7N3S/c1-4-6-7(11-3-8-6)5(2)10-9-4/h3H,1-2H3. The summed E-state index contributed by atoms with van der Waals surface area (Å²) in [4.78, 5) is 4.20. The molecule has 0 bridgehead atoms. The van der Waals surface area contributed by atoms with Crippen LogP contribution in [-0.2, 0) is 0 Å². The van der Waals surface area contributed by atoms with Crippen LogP contribution in [0.4, 0.5) is 0 Å². The van der Waals surface area contributed by atoms with Crippen LogP contribution in [0.15, 0.2) is 5.51 Å². The van der Waals surface area contributed by atoms with E-state index in [1.165, 1.54) is 0 Å². The Bertz CT molecular complexity index is 357. The van der Waals surface area contributed by atoms with Crippen molar-refractivity contribution in [3.63, 3.8) is 0 Å². The quantitative estimate of drug-likeness (QED) is 0.596. The monoisotopic (exact) mass is 165 g/mol. The van der Waals surface area contributed by atoms with Crippen molar-refractivity contribution in [3.05, 3.63) is 16.9 Å². The maximum absolute atomic E-state index is 4.20. The molecule has 0 aliphatic rings. The van der Waals surface area contributed by atoms with Crippen molar-refractivity contribution in [3.8, 4) is 0 Å². The smallest absolute Gasteiger partial charge is 0.106 e. The molecule has 0 saturated heterocycles. The van der Waals surface area contributed by atoms with Gasteiger partial charge in [-0.25, -0.2) is 4.98 Å². The van der Waals surface area contributed by atoms with Crippen molar-refractivity contribution in [2.75, 3.05) is 0 Å². The molecule has 0 unspecified atom stereocenters. The number of rotatable bonds is 0. The highest BCUT2D eigenvalue weighted by atomic mass is 32.1. The van der Waals surface area contributed by atoms with Gasteiger partial charge in [-0.15, -0.1) is 11.3 Å². The van der Waals surface area contributed by atoms with Gasteiger partial charge in [0.2, 0.25) is 0 Å². The number of nitrogens with zero attached hydrogens (tertiary/aromatic N) is 3. The first-order valence-electron chi connectivity index (χ1n) is 3.32. The lowest BCUT2D eigenvalue weighted by Crippen LogP contribution is -1.90. The van der Waals surface area contributed by atoms with E-state index in [1.807, 2.05) is 19.4 Å². The highest BCUT2D eigenvalue weighted by molar-refractivity contribution is 7.16. The Kier molecular flexibility index (Phi) is 1.35. The van der Waals surface area contributed by atoms with Gasteiger partial charge in [-0.3, -0.25) is 0 Å². The molecular weight excluding hydrogens is 158 g/mol. The van der Waals surface area contributed by atoms with Crippen LogP contribution in [0.5, 0.6) is 0 Å². The average molecular weight is 165 g/mol. The van der Waals surface area contributed by atoms with Gasteiger partial charge in [0.25, 0.3) is 0 Å². The first-order chi connectivity index (χ1) is 5.29. The molecule has 56 valence electrons. The predicted octanol–water partition coefficient (Wildman–Crippen LogP) is 1.70. The lowest BCUT2D eigenvalue weighted by molar-refractivity contribution is 0.963. The third-order valence-corrected chi connectivity index (χ3v) is 2.52. The van der Waals surface area contributed by atoms with Crippen LogP contribution in [0.3, 0.4) is 0 Å². The number of aromatic nitrogens is 3. The largest absolute Gasteiger partial charge is 0.243 e. The fraction of sp³-hybridized carbons (Fsp3) is 0.286. The maximum atomic E-state index is 4.20. The van der Waals surface area contributed by atoms with Crippen molar-refractivity contribution in [1.82, 2.24) is 15.2 Å². The normalized spacial score (nSPS) is 10.7. The minimum Gasteiger partial charge on any atom is -0.243 e. The summed E-state index contributed by atoms with van der Waals surface area (Å²) in [6.45, 7) is 3.88. The molecule has 2 heterocycles. The van der Waals surface area contributed by atoms with Gasteiger partial charge in [-0.2, -0.15) is 10.2 Å². The molecular formula is C7H7N3S. The van der Waals surface area contributed by atoms with Crippen LogP contribution < -0.4 is 0 Å². The second-order valence-electron chi connectivity index (χ2n) is 2.40. The topological polar surface area (TPSA) is 38.7 Å². The third-order valence-electron chi connectivity index (χ3n) is 1.59. The van der Waals surface area contributed by atoms with Crippen LogP contribution >= 0.6 is 11.3 Å². The molecule has 11 heavy (non-hydrogen) atoms. The minimum absolute atomic E-state index is 0.909. The summed E-state index contributed by atoms with van der Waals surface area (Å²) >= 11 is 1.61. The zero-order valence-corrected chi connectivity index (χ0v) is 7.14. The van der Waals surface area contributed by atoms with Crippen molar-refractivity contribution in [1.29, 1.82) is 0 Å². The zero-order chi connectivity index (χ0) is 7.84. The first-order valence-corrected chi connectivity index (χ1v) is 4.20. The van der Waals surface area contributed by atoms with E-state index in [0.717, 1.165) is 21.6 Å². The molecule has 0 amide bonds. The zero-order valence-electron chi connectivity index (χ0n) is 6.33. The van der Waals surface area contributed by atoms with Crippen molar-refractivity contribution in [2.24, 2.45) is 0 Å². The van der Waals surface area contributed by atoms with Gasteiger partial charge in [0.15, 0.2) is 0 Å². The van der Waals surface area contributed by atoms with Gasteiger partial charge in [0.1, 0.15) is 5.52 Å². The fourth-order valence-corrected chi connectivity index (χ4v) is 1.79. The molecule has 0 N–H and O–H groups in total. The Morgan fingerprint density at radius 3 is 2.64 bits per heavy atom. The Balaban J connectivity index is 2.96. The molecule has 0 fully saturated rings. The SMILES string of the molecule is Cc1nnc(C)c2scnc12. The summed E-state index contributed by atoms with van der Waals surface area (Å²) in [7, 11) is 0. The van der Waals surface area contributed by atoms with Gasteiger partial charge in [0, 0.05) is 0 Å². The number of thiazole rings is 1. The summed E-state index contributed by atoms with van der Waals surface area (Å²) in [5.41, 5.74) is 4.69. The van der Waals surface area contributed by atoms with Crippen molar-refractivity contribution < 1.29 is 0 Å². The molecule has 0 aromatic carbocycles. The molecule has 0 atom stereocenters. The van der Waals surface area contributed by atoms with E-state index >= 15 is 0 Å². The van der Waals surface area contributed by atoms with Gasteiger partial charge < -0.3 is 0 Å². The lowest BCUT2D eigenvalue weighted by atomic mass is 10.3. The third kappa shape index (κ3) is 0.903. The van der Waals surface area contributed by atoms with E-state index in [2.05, 4.69) is 15.2 Å². The summed E-state index contributed by atoms with van der Waals surface area (Å²) < 4.78 is 1.15. The molecule has 3 nitrogen and oxygen atoms in total. The molecule has 2 aromatic heterocycles. The van der Waals surface area contributed by atoms with E-state index in [9.17, 15) is 0 Å². The Labute approximate surface area is 68.1 Å². The van der Waals surface area contributed by atoms with Crippen molar-refractivity contribution in [2.45, 2.75) is 13.8 Å². The van der Waals surface area contributed by atoms with Crippen LogP contribution in [0.1, 0.15) is 11.4 Å². The van der Waals surface area contributed by atoms with Gasteiger partial charge in [-0.1, -0.05) is 0 Å². The lowest BCUT2D eigenvalue weighted by Gasteiger charge is -1.93. The summed E-state index contributed by atoms with van der Waals surface area (Å²) in [5, 5.41) is 7.97. The summed E-state index contributed by atoms with van der Waals surface area (Å²) in [6, 6.07) is 0. The molecule has 4 heteroatoms. The Hall–Kier alpha value is -1.03. The fourth-order valence-electron chi connectivity index (χ4n) is 1.00. The molecule has 0 spiro atoms. The number of fused-ring (bicyclic) bond motifs is 1. The maximum Gasteiger partial charge on any atom is 0.106 e. The highest BCUT2D eigenvalue weighted by Crippen LogP contribution is 2.20. The first kappa shape index (κ1) is 6.67. The van der Waals surface area contributed by atoms with E-state index in [1.54, 1.807) is 11.3 Å². The summed E-state index contributed by atoms with van der Waals surface area (Å²) in [6.07, 6.45) is 0. The van der Waals surface area contributed by atoms with Crippen molar-refractivity contribution >= 4 is 21.6 Å². The highest BCUT2D eigenvalue weighted by Gasteiger charge is 2.04. The molecule has 0 aliphatic carbocycles. The molecule has 0 aliphatic heterocycles. The Morgan fingerprint density at radius 2 is 1.91 bits per heavy atom. The molecule has 2 rings (SSSR count). The molecule has 2 aromatic rings. The minimum atomic E-state index is 0.909. The second-order valence-corrected chi connectivity index (χ2v) is 3.26. The van der Waals surface area contributed by atoms with Crippen LogP contribution in [0, 0.1) is 13.8 Å². The number of hydrogen-bond acceptors (Lipinski definition) is 4. The summed E-state index contributed by atoms with van der Waals surface area (Å²) in [5.74, 6) is 0. The molecule has 0 radical (unpaired) electrons. The Morgan fingerprint density at radius 1 is 1.18 bits per heavy atom. The predicted molar refractivity (Wildman–Crippen MR) is 44.7 cm³/mol.